The summed E-state index contributed by atoms with van der Waals surface area (Å²) in [4.78, 5) is 37.3. The van der Waals surface area contributed by atoms with Crippen molar-refractivity contribution in [1.82, 2.24) is 9.47 Å². The minimum absolute atomic E-state index is 0.0779. The van der Waals surface area contributed by atoms with Crippen LogP contribution in [-0.4, -0.2) is 34.4 Å². The van der Waals surface area contributed by atoms with Gasteiger partial charge in [0.05, 0.1) is 0 Å². The number of likely N-dealkylation sites (tertiary alicyclic amines) is 1. The summed E-state index contributed by atoms with van der Waals surface area (Å²) < 4.78 is 1.56. The Morgan fingerprint density at radius 3 is 2.77 bits per heavy atom. The smallest absolute Gasteiger partial charge is 0.250 e. The van der Waals surface area contributed by atoms with Gasteiger partial charge in [0, 0.05) is 43.9 Å². The highest BCUT2D eigenvalue weighted by molar-refractivity contribution is 5.92. The Balaban J connectivity index is 1.52. The van der Waals surface area contributed by atoms with Crippen LogP contribution in [-0.2, 0) is 17.8 Å². The van der Waals surface area contributed by atoms with Gasteiger partial charge in [-0.1, -0.05) is 18.2 Å². The number of pyridine rings is 1. The number of amides is 2. The summed E-state index contributed by atoms with van der Waals surface area (Å²) in [6.45, 7) is 1.85. The molecule has 1 aliphatic heterocycles. The van der Waals surface area contributed by atoms with Crippen molar-refractivity contribution in [3.05, 3.63) is 70.1 Å². The topological polar surface area (TPSA) is 85.4 Å². The monoisotopic (exact) mass is 353 g/mol. The van der Waals surface area contributed by atoms with E-state index in [0.29, 0.717) is 31.0 Å². The molecule has 6 heteroatoms. The lowest BCUT2D eigenvalue weighted by Crippen LogP contribution is -2.30. The van der Waals surface area contributed by atoms with Crippen molar-refractivity contribution in [2.24, 2.45) is 11.7 Å². The first kappa shape index (κ1) is 17.9. The molecule has 1 aromatic heterocycles. The van der Waals surface area contributed by atoms with Crippen molar-refractivity contribution in [3.63, 3.8) is 0 Å². The average molecular weight is 353 g/mol. The van der Waals surface area contributed by atoms with E-state index >= 15 is 0 Å². The molecule has 3 rings (SSSR count). The third-order valence-electron chi connectivity index (χ3n) is 4.84. The van der Waals surface area contributed by atoms with Crippen LogP contribution in [0.1, 0.15) is 28.8 Å². The summed E-state index contributed by atoms with van der Waals surface area (Å²) in [7, 11) is 0. The molecule has 6 nitrogen and oxygen atoms in total. The van der Waals surface area contributed by atoms with Crippen molar-refractivity contribution < 1.29 is 9.59 Å². The van der Waals surface area contributed by atoms with Crippen LogP contribution in [0.3, 0.4) is 0 Å². The summed E-state index contributed by atoms with van der Waals surface area (Å²) in [5.74, 6) is 0.0295. The first-order chi connectivity index (χ1) is 12.5. The molecular formula is C20H23N3O3. The first-order valence-electron chi connectivity index (χ1n) is 8.85. The number of aromatic nitrogens is 1. The number of nitrogens with zero attached hydrogens (tertiary/aromatic N) is 2. The second-order valence-corrected chi connectivity index (χ2v) is 6.75. The molecule has 0 saturated carbocycles. The van der Waals surface area contributed by atoms with Gasteiger partial charge < -0.3 is 15.2 Å². The Morgan fingerprint density at radius 2 is 2.00 bits per heavy atom. The zero-order valence-electron chi connectivity index (χ0n) is 14.6. The highest BCUT2D eigenvalue weighted by Gasteiger charge is 2.26. The Bertz CT molecular complexity index is 859. The number of hydrogen-bond acceptors (Lipinski definition) is 3. The highest BCUT2D eigenvalue weighted by atomic mass is 16.2. The van der Waals surface area contributed by atoms with Gasteiger partial charge in [0.25, 0.3) is 5.56 Å². The fourth-order valence-corrected chi connectivity index (χ4v) is 3.43. The van der Waals surface area contributed by atoms with Crippen LogP contribution < -0.4 is 11.3 Å². The highest BCUT2D eigenvalue weighted by Crippen LogP contribution is 2.22. The number of carbonyl (C=O) groups is 2. The normalized spacial score (nSPS) is 16.6. The number of rotatable bonds is 6. The van der Waals surface area contributed by atoms with E-state index in [1.54, 1.807) is 29.0 Å². The van der Waals surface area contributed by atoms with Crippen molar-refractivity contribution in [2.45, 2.75) is 25.8 Å². The largest absolute Gasteiger partial charge is 0.366 e. The molecule has 2 aromatic rings. The summed E-state index contributed by atoms with van der Waals surface area (Å²) >= 11 is 0. The van der Waals surface area contributed by atoms with E-state index in [0.717, 1.165) is 24.9 Å². The molecule has 0 aliphatic carbocycles. The number of hydrogen-bond donors (Lipinski definition) is 1. The van der Waals surface area contributed by atoms with E-state index in [-0.39, 0.29) is 11.5 Å². The molecule has 2 amide bonds. The van der Waals surface area contributed by atoms with Gasteiger partial charge in [0.2, 0.25) is 11.8 Å². The van der Waals surface area contributed by atoms with Crippen LogP contribution in [0.25, 0.3) is 0 Å². The second-order valence-electron chi connectivity index (χ2n) is 6.75. The molecular weight excluding hydrogens is 330 g/mol. The van der Waals surface area contributed by atoms with Crippen LogP contribution in [0.4, 0.5) is 0 Å². The van der Waals surface area contributed by atoms with Crippen molar-refractivity contribution >= 4 is 11.8 Å². The fraction of sp³-hybridized carbons (Fsp3) is 0.350. The molecule has 0 spiro atoms. The van der Waals surface area contributed by atoms with Crippen LogP contribution in [0, 0.1) is 5.92 Å². The quantitative estimate of drug-likeness (QED) is 0.852. The molecule has 2 heterocycles. The molecule has 1 fully saturated rings. The molecule has 1 saturated heterocycles. The van der Waals surface area contributed by atoms with Gasteiger partial charge in [-0.3, -0.25) is 14.4 Å². The van der Waals surface area contributed by atoms with Gasteiger partial charge in [-0.15, -0.1) is 0 Å². The zero-order chi connectivity index (χ0) is 18.5. The molecule has 1 aromatic carbocycles. The Morgan fingerprint density at radius 1 is 1.15 bits per heavy atom. The summed E-state index contributed by atoms with van der Waals surface area (Å²) in [6, 6.07) is 12.3. The molecule has 2 N–H and O–H groups in total. The number of primary amides is 1. The van der Waals surface area contributed by atoms with Crippen molar-refractivity contribution in [3.8, 4) is 0 Å². The maximum atomic E-state index is 12.4. The van der Waals surface area contributed by atoms with Crippen LogP contribution in [0.15, 0.2) is 53.5 Å². The van der Waals surface area contributed by atoms with Crippen LogP contribution in [0.5, 0.6) is 0 Å². The van der Waals surface area contributed by atoms with E-state index in [9.17, 15) is 14.4 Å². The van der Waals surface area contributed by atoms with E-state index in [4.69, 9.17) is 5.73 Å². The Kier molecular flexibility index (Phi) is 5.51. The standard InChI is InChI=1S/C20H23N3O3/c21-20(26)17-5-3-4-15(13-17)12-16-7-10-23(14-16)19(25)8-11-22-9-2-1-6-18(22)24/h1-6,9,13,16H,7-8,10-12,14H2,(H2,21,26)/t16-/m1/s1. The van der Waals surface area contributed by atoms with Gasteiger partial charge in [-0.25, -0.2) is 0 Å². The van der Waals surface area contributed by atoms with Crippen LogP contribution in [0.2, 0.25) is 0 Å². The van der Waals surface area contributed by atoms with Crippen molar-refractivity contribution in [2.75, 3.05) is 13.1 Å². The minimum atomic E-state index is -0.425. The van der Waals surface area contributed by atoms with E-state index in [1.807, 2.05) is 23.1 Å². The second kappa shape index (κ2) is 7.99. The first-order valence-corrected chi connectivity index (χ1v) is 8.85. The summed E-state index contributed by atoms with van der Waals surface area (Å²) in [6.07, 6.45) is 3.79. The summed E-state index contributed by atoms with van der Waals surface area (Å²) in [5.41, 5.74) is 6.82. The number of aryl methyl sites for hydroxylation is 1. The molecule has 1 aliphatic rings. The lowest BCUT2D eigenvalue weighted by Gasteiger charge is -2.17. The van der Waals surface area contributed by atoms with E-state index in [1.165, 1.54) is 6.07 Å². The van der Waals surface area contributed by atoms with Gasteiger partial charge in [0.1, 0.15) is 0 Å². The third kappa shape index (κ3) is 4.39. The average Bonchev–Trinajstić information content (AvgIpc) is 3.09. The van der Waals surface area contributed by atoms with Gasteiger partial charge in [-0.2, -0.15) is 0 Å². The van der Waals surface area contributed by atoms with E-state index in [2.05, 4.69) is 0 Å². The predicted molar refractivity (Wildman–Crippen MR) is 98.7 cm³/mol. The minimum Gasteiger partial charge on any atom is -0.366 e. The molecule has 136 valence electrons. The Labute approximate surface area is 152 Å². The third-order valence-corrected chi connectivity index (χ3v) is 4.84. The molecule has 0 radical (unpaired) electrons. The van der Waals surface area contributed by atoms with Gasteiger partial charge in [-0.05, 0) is 42.5 Å². The van der Waals surface area contributed by atoms with Crippen molar-refractivity contribution in [1.29, 1.82) is 0 Å². The number of benzene rings is 1. The maximum Gasteiger partial charge on any atom is 0.250 e. The maximum absolute atomic E-state index is 12.4. The number of nitrogens with two attached hydrogens (primary N) is 1. The lowest BCUT2D eigenvalue weighted by atomic mass is 9.97. The van der Waals surface area contributed by atoms with E-state index < -0.39 is 5.91 Å². The summed E-state index contributed by atoms with van der Waals surface area (Å²) in [5, 5.41) is 0. The fourth-order valence-electron chi connectivity index (χ4n) is 3.43. The van der Waals surface area contributed by atoms with Gasteiger partial charge >= 0.3 is 0 Å². The molecule has 0 bridgehead atoms. The van der Waals surface area contributed by atoms with Crippen LogP contribution >= 0.6 is 0 Å². The zero-order valence-corrected chi connectivity index (χ0v) is 14.6. The lowest BCUT2D eigenvalue weighted by molar-refractivity contribution is -0.130. The SMILES string of the molecule is NC(=O)c1cccc(C[C@H]2CCN(C(=O)CCn3ccccc3=O)C2)c1. The number of carbonyl (C=O) groups excluding carboxylic acids is 2. The van der Waals surface area contributed by atoms with Gasteiger partial charge in [0.15, 0.2) is 0 Å². The Hall–Kier alpha value is -2.89. The molecule has 26 heavy (non-hydrogen) atoms. The molecule has 1 atom stereocenters. The molecule has 0 unspecified atom stereocenters. The predicted octanol–water partition coefficient (Wildman–Crippen LogP) is 1.43.